The van der Waals surface area contributed by atoms with Crippen molar-refractivity contribution in [1.82, 2.24) is 5.32 Å². The molecule has 1 aromatic heterocycles. The van der Waals surface area contributed by atoms with E-state index < -0.39 is 0 Å². The molecule has 3 rings (SSSR count). The number of fused-ring (bicyclic) bond motifs is 1. The van der Waals surface area contributed by atoms with Crippen molar-refractivity contribution in [1.29, 1.82) is 0 Å². The molecule has 1 heterocycles. The highest BCUT2D eigenvalue weighted by Crippen LogP contribution is 2.31. The third kappa shape index (κ3) is 3.25. The molecule has 0 aliphatic heterocycles. The maximum Gasteiger partial charge on any atom is 0.199 e. The molecule has 2 aromatic rings. The van der Waals surface area contributed by atoms with Crippen molar-refractivity contribution >= 4 is 22.6 Å². The SMILES string of the molecule is OCC1CCCCC1CNCc1c(Cl)oc2ccccc12. The lowest BCUT2D eigenvalue weighted by atomic mass is 9.79. The molecule has 21 heavy (non-hydrogen) atoms. The average Bonchev–Trinajstić information content (AvgIpc) is 2.84. The highest BCUT2D eigenvalue weighted by molar-refractivity contribution is 6.30. The largest absolute Gasteiger partial charge is 0.444 e. The summed E-state index contributed by atoms with van der Waals surface area (Å²) in [6.07, 6.45) is 4.88. The molecule has 1 aliphatic rings. The first-order chi connectivity index (χ1) is 10.3. The molecule has 2 unspecified atom stereocenters. The van der Waals surface area contributed by atoms with Gasteiger partial charge < -0.3 is 14.8 Å². The average molecular weight is 308 g/mol. The number of hydrogen-bond donors (Lipinski definition) is 2. The third-order valence-electron chi connectivity index (χ3n) is 4.66. The Labute approximate surface area is 130 Å². The fraction of sp³-hybridized carbons (Fsp3) is 0.529. The van der Waals surface area contributed by atoms with Gasteiger partial charge in [0.25, 0.3) is 0 Å². The Morgan fingerprint density at radius 2 is 1.95 bits per heavy atom. The Hall–Kier alpha value is -1.03. The number of hydrogen-bond acceptors (Lipinski definition) is 3. The van der Waals surface area contributed by atoms with Gasteiger partial charge in [-0.25, -0.2) is 0 Å². The van der Waals surface area contributed by atoms with Crippen LogP contribution in [0.25, 0.3) is 11.0 Å². The number of furan rings is 1. The molecule has 1 fully saturated rings. The van der Waals surface area contributed by atoms with E-state index in [-0.39, 0.29) is 0 Å². The Balaban J connectivity index is 1.63. The monoisotopic (exact) mass is 307 g/mol. The molecule has 4 heteroatoms. The zero-order valence-electron chi connectivity index (χ0n) is 12.1. The predicted molar refractivity (Wildman–Crippen MR) is 85.5 cm³/mol. The highest BCUT2D eigenvalue weighted by atomic mass is 35.5. The standard InChI is InChI=1S/C17H22ClNO2/c18-17-15(14-7-3-4-8-16(14)21-17)10-19-9-12-5-1-2-6-13(12)11-20/h3-4,7-8,12-13,19-20H,1-2,5-6,9-11H2. The first kappa shape index (κ1) is 14.9. The van der Waals surface area contributed by atoms with Gasteiger partial charge in [0, 0.05) is 24.1 Å². The van der Waals surface area contributed by atoms with E-state index in [4.69, 9.17) is 16.0 Å². The van der Waals surface area contributed by atoms with Gasteiger partial charge in [0.15, 0.2) is 5.22 Å². The molecule has 2 N–H and O–H groups in total. The molecule has 0 amide bonds. The van der Waals surface area contributed by atoms with E-state index in [1.807, 2.05) is 24.3 Å². The van der Waals surface area contributed by atoms with Crippen molar-refractivity contribution in [3.05, 3.63) is 35.0 Å². The van der Waals surface area contributed by atoms with E-state index in [1.54, 1.807) is 0 Å². The van der Waals surface area contributed by atoms with Crippen LogP contribution in [0.2, 0.25) is 5.22 Å². The Morgan fingerprint density at radius 3 is 2.76 bits per heavy atom. The molecule has 1 aromatic carbocycles. The van der Waals surface area contributed by atoms with Gasteiger partial charge in [0.05, 0.1) is 0 Å². The summed E-state index contributed by atoms with van der Waals surface area (Å²) in [6, 6.07) is 7.93. The van der Waals surface area contributed by atoms with E-state index in [1.165, 1.54) is 19.3 Å². The fourth-order valence-corrected chi connectivity index (χ4v) is 3.66. The molecule has 2 atom stereocenters. The summed E-state index contributed by atoms with van der Waals surface area (Å²) in [7, 11) is 0. The second-order valence-corrected chi connectivity index (χ2v) is 6.31. The molecular formula is C17H22ClNO2. The topological polar surface area (TPSA) is 45.4 Å². The molecule has 0 radical (unpaired) electrons. The smallest absolute Gasteiger partial charge is 0.199 e. The van der Waals surface area contributed by atoms with E-state index in [9.17, 15) is 5.11 Å². The molecule has 1 aliphatic carbocycles. The maximum atomic E-state index is 9.47. The van der Waals surface area contributed by atoms with Crippen LogP contribution in [0, 0.1) is 11.8 Å². The minimum atomic E-state index is 0.307. The van der Waals surface area contributed by atoms with Gasteiger partial charge in [0.2, 0.25) is 0 Å². The number of aliphatic hydroxyl groups excluding tert-OH is 1. The normalized spacial score (nSPS) is 22.8. The zero-order valence-corrected chi connectivity index (χ0v) is 12.9. The van der Waals surface area contributed by atoms with Gasteiger partial charge in [-0.05, 0) is 48.9 Å². The molecule has 3 nitrogen and oxygen atoms in total. The molecule has 1 saturated carbocycles. The minimum Gasteiger partial charge on any atom is -0.444 e. The lowest BCUT2D eigenvalue weighted by molar-refractivity contribution is 0.133. The third-order valence-corrected chi connectivity index (χ3v) is 4.96. The quantitative estimate of drug-likeness (QED) is 0.878. The molecular weight excluding hydrogens is 286 g/mol. The van der Waals surface area contributed by atoms with Crippen molar-refractivity contribution in [2.24, 2.45) is 11.8 Å². The maximum absolute atomic E-state index is 9.47. The number of benzene rings is 1. The van der Waals surface area contributed by atoms with Gasteiger partial charge in [0.1, 0.15) is 5.58 Å². The van der Waals surface area contributed by atoms with Crippen LogP contribution >= 0.6 is 11.6 Å². The van der Waals surface area contributed by atoms with Crippen LogP contribution in [0.4, 0.5) is 0 Å². The van der Waals surface area contributed by atoms with E-state index >= 15 is 0 Å². The van der Waals surface area contributed by atoms with Crippen molar-refractivity contribution in [3.63, 3.8) is 0 Å². The lowest BCUT2D eigenvalue weighted by Crippen LogP contribution is -2.32. The Morgan fingerprint density at radius 1 is 1.19 bits per heavy atom. The van der Waals surface area contributed by atoms with Crippen molar-refractivity contribution in [2.45, 2.75) is 32.2 Å². The van der Waals surface area contributed by atoms with Crippen LogP contribution in [0.15, 0.2) is 28.7 Å². The molecule has 114 valence electrons. The number of halogens is 1. The molecule has 0 bridgehead atoms. The summed E-state index contributed by atoms with van der Waals surface area (Å²) in [4.78, 5) is 0. The number of rotatable bonds is 5. The van der Waals surface area contributed by atoms with Crippen molar-refractivity contribution in [3.8, 4) is 0 Å². The van der Waals surface area contributed by atoms with Crippen molar-refractivity contribution in [2.75, 3.05) is 13.2 Å². The van der Waals surface area contributed by atoms with Gasteiger partial charge in [-0.15, -0.1) is 0 Å². The number of para-hydroxylation sites is 1. The van der Waals surface area contributed by atoms with E-state index in [0.717, 1.165) is 29.5 Å². The van der Waals surface area contributed by atoms with E-state index in [2.05, 4.69) is 5.32 Å². The molecule has 0 spiro atoms. The summed E-state index contributed by atoms with van der Waals surface area (Å²) >= 11 is 6.20. The van der Waals surface area contributed by atoms with Gasteiger partial charge in [-0.2, -0.15) is 0 Å². The fourth-order valence-electron chi connectivity index (χ4n) is 3.41. The predicted octanol–water partition coefficient (Wildman–Crippen LogP) is 3.97. The van der Waals surface area contributed by atoms with Gasteiger partial charge in [-0.3, -0.25) is 0 Å². The van der Waals surface area contributed by atoms with Crippen LogP contribution in [0.3, 0.4) is 0 Å². The van der Waals surface area contributed by atoms with Crippen LogP contribution in [-0.2, 0) is 6.54 Å². The minimum absolute atomic E-state index is 0.307. The van der Waals surface area contributed by atoms with Gasteiger partial charge in [-0.1, -0.05) is 31.0 Å². The zero-order chi connectivity index (χ0) is 14.7. The lowest BCUT2D eigenvalue weighted by Gasteiger charge is -2.30. The highest BCUT2D eigenvalue weighted by Gasteiger charge is 2.24. The second-order valence-electron chi connectivity index (χ2n) is 5.97. The summed E-state index contributed by atoms with van der Waals surface area (Å²) in [5.41, 5.74) is 1.87. The Kier molecular flexibility index (Phi) is 4.84. The van der Waals surface area contributed by atoms with Crippen LogP contribution in [0.5, 0.6) is 0 Å². The van der Waals surface area contributed by atoms with E-state index in [0.29, 0.717) is 30.2 Å². The van der Waals surface area contributed by atoms with Gasteiger partial charge >= 0.3 is 0 Å². The van der Waals surface area contributed by atoms with Crippen LogP contribution in [0.1, 0.15) is 31.2 Å². The van der Waals surface area contributed by atoms with Crippen molar-refractivity contribution < 1.29 is 9.52 Å². The van der Waals surface area contributed by atoms with Crippen LogP contribution in [-0.4, -0.2) is 18.3 Å². The number of aliphatic hydroxyl groups is 1. The van der Waals surface area contributed by atoms with Crippen LogP contribution < -0.4 is 5.32 Å². The summed E-state index contributed by atoms with van der Waals surface area (Å²) in [5, 5.41) is 14.5. The first-order valence-corrected chi connectivity index (χ1v) is 8.15. The first-order valence-electron chi connectivity index (χ1n) is 7.77. The second kappa shape index (κ2) is 6.82. The summed E-state index contributed by atoms with van der Waals surface area (Å²) in [6.45, 7) is 1.95. The number of nitrogens with one attached hydrogen (secondary N) is 1. The Bertz CT molecular complexity index is 595. The summed E-state index contributed by atoms with van der Waals surface area (Å²) < 4.78 is 5.57. The summed E-state index contributed by atoms with van der Waals surface area (Å²) in [5.74, 6) is 1.02. The molecule has 0 saturated heterocycles.